The predicted molar refractivity (Wildman–Crippen MR) is 51.6 cm³/mol. The SMILES string of the molecule is CCCCOC(=O)C(O)C(O)NCC. The summed E-state index contributed by atoms with van der Waals surface area (Å²) in [6.07, 6.45) is -1.09. The molecule has 0 spiro atoms. The Balaban J connectivity index is 3.74. The number of ether oxygens (including phenoxy) is 1. The molecular formula is C9H19NO4. The molecule has 0 amide bonds. The summed E-state index contributed by atoms with van der Waals surface area (Å²) in [5.74, 6) is -0.785. The van der Waals surface area contributed by atoms with Crippen LogP contribution < -0.4 is 5.32 Å². The van der Waals surface area contributed by atoms with E-state index >= 15 is 0 Å². The molecule has 0 aliphatic heterocycles. The van der Waals surface area contributed by atoms with Crippen molar-refractivity contribution in [2.75, 3.05) is 13.2 Å². The lowest BCUT2D eigenvalue weighted by Gasteiger charge is -2.16. The van der Waals surface area contributed by atoms with Crippen LogP contribution in [0.15, 0.2) is 0 Å². The van der Waals surface area contributed by atoms with Crippen LogP contribution in [0.2, 0.25) is 0 Å². The molecule has 0 rings (SSSR count). The van der Waals surface area contributed by atoms with Crippen molar-refractivity contribution in [3.63, 3.8) is 0 Å². The zero-order valence-corrected chi connectivity index (χ0v) is 8.69. The average molecular weight is 205 g/mol. The molecule has 0 aliphatic rings. The van der Waals surface area contributed by atoms with Gasteiger partial charge in [0.25, 0.3) is 0 Å². The Labute approximate surface area is 84.1 Å². The van der Waals surface area contributed by atoms with E-state index in [1.165, 1.54) is 0 Å². The number of unbranched alkanes of at least 4 members (excludes halogenated alkanes) is 1. The standard InChI is InChI=1S/C9H19NO4/c1-3-5-6-14-9(13)7(11)8(12)10-4-2/h7-8,10-12H,3-6H2,1-2H3. The van der Waals surface area contributed by atoms with Crippen LogP contribution in [0.25, 0.3) is 0 Å². The number of hydrogen-bond donors (Lipinski definition) is 3. The number of rotatable bonds is 7. The highest BCUT2D eigenvalue weighted by molar-refractivity contribution is 5.74. The zero-order valence-electron chi connectivity index (χ0n) is 8.69. The first-order valence-corrected chi connectivity index (χ1v) is 4.89. The van der Waals surface area contributed by atoms with Crippen molar-refractivity contribution in [1.29, 1.82) is 0 Å². The lowest BCUT2D eigenvalue weighted by Crippen LogP contribution is -2.44. The highest BCUT2D eigenvalue weighted by Crippen LogP contribution is 1.96. The largest absolute Gasteiger partial charge is 0.464 e. The van der Waals surface area contributed by atoms with E-state index in [0.29, 0.717) is 6.54 Å². The summed E-state index contributed by atoms with van der Waals surface area (Å²) in [6, 6.07) is 0. The Morgan fingerprint density at radius 1 is 1.43 bits per heavy atom. The summed E-state index contributed by atoms with van der Waals surface area (Å²) in [5.41, 5.74) is 0. The van der Waals surface area contributed by atoms with Crippen LogP contribution in [-0.2, 0) is 9.53 Å². The third-order valence-corrected chi connectivity index (χ3v) is 1.70. The lowest BCUT2D eigenvalue weighted by molar-refractivity contribution is -0.161. The predicted octanol–water partition coefficient (Wildman–Crippen LogP) is -0.382. The minimum absolute atomic E-state index is 0.283. The molecule has 0 aromatic carbocycles. The summed E-state index contributed by atoms with van der Waals surface area (Å²) < 4.78 is 4.72. The van der Waals surface area contributed by atoms with Gasteiger partial charge in [0.15, 0.2) is 6.10 Å². The van der Waals surface area contributed by atoms with E-state index in [1.54, 1.807) is 6.92 Å². The Morgan fingerprint density at radius 2 is 2.07 bits per heavy atom. The van der Waals surface area contributed by atoms with Gasteiger partial charge in [-0.1, -0.05) is 20.3 Å². The van der Waals surface area contributed by atoms with Crippen LogP contribution in [0.5, 0.6) is 0 Å². The van der Waals surface area contributed by atoms with Crippen LogP contribution >= 0.6 is 0 Å². The van der Waals surface area contributed by atoms with Gasteiger partial charge in [-0.05, 0) is 13.0 Å². The molecule has 0 fully saturated rings. The van der Waals surface area contributed by atoms with Gasteiger partial charge in [0.05, 0.1) is 6.61 Å². The molecule has 0 radical (unpaired) electrons. The minimum atomic E-state index is -1.51. The van der Waals surface area contributed by atoms with Crippen molar-refractivity contribution in [3.8, 4) is 0 Å². The highest BCUT2D eigenvalue weighted by Gasteiger charge is 2.24. The Hall–Kier alpha value is -0.650. The first kappa shape index (κ1) is 13.4. The van der Waals surface area contributed by atoms with Crippen molar-refractivity contribution in [3.05, 3.63) is 0 Å². The van der Waals surface area contributed by atoms with Crippen LogP contribution in [0.3, 0.4) is 0 Å². The molecule has 0 aromatic heterocycles. The Kier molecular flexibility index (Phi) is 7.37. The van der Waals surface area contributed by atoms with E-state index in [1.807, 2.05) is 6.92 Å². The van der Waals surface area contributed by atoms with E-state index in [0.717, 1.165) is 12.8 Å². The van der Waals surface area contributed by atoms with Crippen molar-refractivity contribution in [1.82, 2.24) is 5.32 Å². The van der Waals surface area contributed by atoms with Gasteiger partial charge in [-0.25, -0.2) is 4.79 Å². The molecule has 0 saturated carbocycles. The molecule has 0 bridgehead atoms. The minimum Gasteiger partial charge on any atom is -0.464 e. The fraction of sp³-hybridized carbons (Fsp3) is 0.889. The van der Waals surface area contributed by atoms with Gasteiger partial charge < -0.3 is 14.9 Å². The van der Waals surface area contributed by atoms with Crippen LogP contribution in [-0.4, -0.2) is 41.7 Å². The van der Waals surface area contributed by atoms with Gasteiger partial charge in [0.2, 0.25) is 0 Å². The highest BCUT2D eigenvalue weighted by atomic mass is 16.5. The number of aliphatic hydroxyl groups excluding tert-OH is 2. The van der Waals surface area contributed by atoms with Gasteiger partial charge in [0, 0.05) is 0 Å². The van der Waals surface area contributed by atoms with Gasteiger partial charge in [0.1, 0.15) is 6.23 Å². The molecule has 2 unspecified atom stereocenters. The van der Waals surface area contributed by atoms with E-state index in [4.69, 9.17) is 4.74 Å². The first-order chi connectivity index (χ1) is 6.63. The molecular weight excluding hydrogens is 186 g/mol. The first-order valence-electron chi connectivity index (χ1n) is 4.89. The second-order valence-corrected chi connectivity index (χ2v) is 2.97. The Bertz CT molecular complexity index is 163. The van der Waals surface area contributed by atoms with Crippen LogP contribution in [0, 0.1) is 0 Å². The normalized spacial score (nSPS) is 14.9. The maximum atomic E-state index is 11.1. The molecule has 14 heavy (non-hydrogen) atoms. The molecule has 3 N–H and O–H groups in total. The number of aliphatic hydroxyl groups is 2. The quantitative estimate of drug-likeness (QED) is 0.300. The zero-order chi connectivity index (χ0) is 11.0. The van der Waals surface area contributed by atoms with Gasteiger partial charge in [-0.2, -0.15) is 0 Å². The second-order valence-electron chi connectivity index (χ2n) is 2.97. The Morgan fingerprint density at radius 3 is 2.57 bits per heavy atom. The summed E-state index contributed by atoms with van der Waals surface area (Å²) in [6.45, 7) is 4.49. The third kappa shape index (κ3) is 5.16. The smallest absolute Gasteiger partial charge is 0.339 e. The van der Waals surface area contributed by atoms with Crippen molar-refractivity contribution in [2.45, 2.75) is 39.0 Å². The van der Waals surface area contributed by atoms with Crippen molar-refractivity contribution >= 4 is 5.97 Å². The number of carbonyl (C=O) groups excluding carboxylic acids is 1. The van der Waals surface area contributed by atoms with Gasteiger partial charge >= 0.3 is 5.97 Å². The fourth-order valence-electron chi connectivity index (χ4n) is 0.852. The number of nitrogens with one attached hydrogen (secondary N) is 1. The second kappa shape index (κ2) is 7.73. The fourth-order valence-corrected chi connectivity index (χ4v) is 0.852. The van der Waals surface area contributed by atoms with E-state index in [-0.39, 0.29) is 6.61 Å². The van der Waals surface area contributed by atoms with Gasteiger partial charge in [-0.15, -0.1) is 0 Å². The van der Waals surface area contributed by atoms with Crippen LogP contribution in [0.4, 0.5) is 0 Å². The average Bonchev–Trinajstić information content (AvgIpc) is 2.17. The molecule has 0 saturated heterocycles. The van der Waals surface area contributed by atoms with E-state index in [2.05, 4.69) is 5.32 Å². The number of likely N-dealkylation sites (N-methyl/N-ethyl adjacent to an activating group) is 1. The molecule has 2 atom stereocenters. The van der Waals surface area contributed by atoms with Crippen molar-refractivity contribution < 1.29 is 19.7 Å². The molecule has 0 heterocycles. The molecule has 5 nitrogen and oxygen atoms in total. The van der Waals surface area contributed by atoms with Crippen molar-refractivity contribution in [2.24, 2.45) is 0 Å². The molecule has 84 valence electrons. The lowest BCUT2D eigenvalue weighted by atomic mass is 10.3. The van der Waals surface area contributed by atoms with Crippen LogP contribution in [0.1, 0.15) is 26.7 Å². The van der Waals surface area contributed by atoms with E-state index in [9.17, 15) is 15.0 Å². The number of carbonyl (C=O) groups is 1. The summed E-state index contributed by atoms with van der Waals surface area (Å²) in [4.78, 5) is 11.1. The topological polar surface area (TPSA) is 78.8 Å². The summed E-state index contributed by atoms with van der Waals surface area (Å²) in [5, 5.41) is 20.9. The van der Waals surface area contributed by atoms with E-state index < -0.39 is 18.3 Å². The number of hydrogen-bond acceptors (Lipinski definition) is 5. The summed E-state index contributed by atoms with van der Waals surface area (Å²) in [7, 11) is 0. The molecule has 0 aliphatic carbocycles. The molecule has 0 aromatic rings. The maximum Gasteiger partial charge on any atom is 0.339 e. The third-order valence-electron chi connectivity index (χ3n) is 1.70. The number of esters is 1. The van der Waals surface area contributed by atoms with Gasteiger partial charge in [-0.3, -0.25) is 5.32 Å². The monoisotopic (exact) mass is 205 g/mol. The summed E-state index contributed by atoms with van der Waals surface area (Å²) >= 11 is 0. The molecule has 5 heteroatoms. The maximum absolute atomic E-state index is 11.1.